The fraction of sp³-hybridized carbons (Fsp3) is 0.909. The predicted molar refractivity (Wildman–Crippen MR) is 114 cm³/mol. The van der Waals surface area contributed by atoms with E-state index in [9.17, 15) is 0 Å². The van der Waals surface area contributed by atoms with Crippen molar-refractivity contribution in [1.82, 2.24) is 10.4 Å². The second kappa shape index (κ2) is 21.7. The highest BCUT2D eigenvalue weighted by Crippen LogP contribution is 2.09. The Morgan fingerprint density at radius 1 is 0.720 bits per heavy atom. The molecule has 0 aliphatic carbocycles. The van der Waals surface area contributed by atoms with Gasteiger partial charge in [-0.2, -0.15) is 0 Å². The number of hydrogen-bond donors (Lipinski definition) is 2. The van der Waals surface area contributed by atoms with E-state index in [4.69, 9.17) is 5.73 Å². The van der Waals surface area contributed by atoms with Crippen molar-refractivity contribution in [3.8, 4) is 0 Å². The Morgan fingerprint density at radius 3 is 1.76 bits per heavy atom. The van der Waals surface area contributed by atoms with Gasteiger partial charge in [0.25, 0.3) is 0 Å². The third-order valence-corrected chi connectivity index (χ3v) is 4.80. The second-order valence-corrected chi connectivity index (χ2v) is 7.21. The van der Waals surface area contributed by atoms with Crippen LogP contribution in [0.5, 0.6) is 0 Å². The van der Waals surface area contributed by atoms with Crippen LogP contribution in [0, 0.1) is 0 Å². The molecule has 0 amide bonds. The molecule has 0 aromatic carbocycles. The SMILES string of the molecule is CCCCCCCC/C=C\CCCCCCCCNN(CC)CCN. The molecule has 3 heteroatoms. The highest BCUT2D eigenvalue weighted by atomic mass is 15.5. The van der Waals surface area contributed by atoms with E-state index in [-0.39, 0.29) is 0 Å². The van der Waals surface area contributed by atoms with Gasteiger partial charge in [-0.25, -0.2) is 5.01 Å². The summed E-state index contributed by atoms with van der Waals surface area (Å²) in [4.78, 5) is 0. The summed E-state index contributed by atoms with van der Waals surface area (Å²) < 4.78 is 0. The van der Waals surface area contributed by atoms with Gasteiger partial charge in [-0.3, -0.25) is 5.43 Å². The van der Waals surface area contributed by atoms with Gasteiger partial charge in [-0.05, 0) is 32.1 Å². The van der Waals surface area contributed by atoms with E-state index in [0.29, 0.717) is 0 Å². The molecule has 3 N–H and O–H groups in total. The van der Waals surface area contributed by atoms with E-state index in [2.05, 4.69) is 36.4 Å². The van der Waals surface area contributed by atoms with Crippen LogP contribution in [0.2, 0.25) is 0 Å². The Morgan fingerprint density at radius 2 is 1.24 bits per heavy atom. The van der Waals surface area contributed by atoms with Gasteiger partial charge in [0.15, 0.2) is 0 Å². The number of nitrogens with one attached hydrogen (secondary N) is 1. The standard InChI is InChI=1S/C22H47N3/c1-3-5-6-7-8-9-10-11-12-13-14-15-16-17-18-19-21-24-25(4-2)22-20-23/h11-12,24H,3-10,13-23H2,1-2H3/b12-11-. The molecule has 0 fully saturated rings. The van der Waals surface area contributed by atoms with Gasteiger partial charge in [-0.15, -0.1) is 0 Å². The number of nitrogens with zero attached hydrogens (tertiary/aromatic N) is 1. The number of likely N-dealkylation sites (N-methyl/N-ethyl adjacent to an activating group) is 1. The van der Waals surface area contributed by atoms with E-state index in [1.165, 1.54) is 89.9 Å². The number of hydrogen-bond acceptors (Lipinski definition) is 3. The molecular weight excluding hydrogens is 306 g/mol. The first-order chi connectivity index (χ1) is 12.3. The molecule has 0 bridgehead atoms. The summed E-state index contributed by atoms with van der Waals surface area (Å²) in [5.74, 6) is 0. The van der Waals surface area contributed by atoms with Gasteiger partial charge >= 0.3 is 0 Å². The molecule has 0 aliphatic heterocycles. The smallest absolute Gasteiger partial charge is 0.0253 e. The quantitative estimate of drug-likeness (QED) is 0.165. The summed E-state index contributed by atoms with van der Waals surface area (Å²) >= 11 is 0. The Kier molecular flexibility index (Phi) is 21.3. The topological polar surface area (TPSA) is 41.3 Å². The highest BCUT2D eigenvalue weighted by molar-refractivity contribution is 4.81. The zero-order chi connectivity index (χ0) is 18.4. The first-order valence-electron chi connectivity index (χ1n) is 11.2. The molecule has 0 aliphatic rings. The van der Waals surface area contributed by atoms with Crippen LogP contribution in [0.1, 0.15) is 104 Å². The molecule has 0 saturated heterocycles. The average molecular weight is 354 g/mol. The minimum atomic E-state index is 0.730. The van der Waals surface area contributed by atoms with Crippen LogP contribution in [0.15, 0.2) is 12.2 Å². The molecule has 0 rings (SSSR count). The molecule has 150 valence electrons. The molecule has 0 spiro atoms. The zero-order valence-corrected chi connectivity index (χ0v) is 17.4. The summed E-state index contributed by atoms with van der Waals surface area (Å²) in [6.07, 6.45) is 24.0. The van der Waals surface area contributed by atoms with Crippen molar-refractivity contribution in [2.75, 3.05) is 26.2 Å². The maximum Gasteiger partial charge on any atom is 0.0253 e. The minimum absolute atomic E-state index is 0.730. The number of rotatable bonds is 20. The van der Waals surface area contributed by atoms with E-state index < -0.39 is 0 Å². The van der Waals surface area contributed by atoms with Crippen LogP contribution in [-0.2, 0) is 0 Å². The molecule has 0 unspecified atom stereocenters. The lowest BCUT2D eigenvalue weighted by atomic mass is 10.1. The second-order valence-electron chi connectivity index (χ2n) is 7.21. The third kappa shape index (κ3) is 19.8. The molecule has 0 atom stereocenters. The zero-order valence-electron chi connectivity index (χ0n) is 17.4. The largest absolute Gasteiger partial charge is 0.329 e. The summed E-state index contributed by atoms with van der Waals surface area (Å²) in [5, 5.41) is 2.22. The summed E-state index contributed by atoms with van der Waals surface area (Å²) in [6.45, 7) is 8.26. The van der Waals surface area contributed by atoms with Crippen molar-refractivity contribution < 1.29 is 0 Å². The van der Waals surface area contributed by atoms with Gasteiger partial charge in [0.1, 0.15) is 0 Å². The third-order valence-electron chi connectivity index (χ3n) is 4.80. The van der Waals surface area contributed by atoms with Crippen LogP contribution in [-0.4, -0.2) is 31.2 Å². The van der Waals surface area contributed by atoms with Crippen LogP contribution in [0.3, 0.4) is 0 Å². The average Bonchev–Trinajstić information content (AvgIpc) is 2.63. The van der Waals surface area contributed by atoms with E-state index in [1.54, 1.807) is 0 Å². The lowest BCUT2D eigenvalue weighted by Gasteiger charge is -2.20. The number of hydrazine groups is 1. The van der Waals surface area contributed by atoms with Gasteiger partial charge in [0.2, 0.25) is 0 Å². The molecule has 0 heterocycles. The highest BCUT2D eigenvalue weighted by Gasteiger charge is 1.98. The molecule has 0 radical (unpaired) electrons. The van der Waals surface area contributed by atoms with Crippen molar-refractivity contribution in [2.45, 2.75) is 104 Å². The minimum Gasteiger partial charge on any atom is -0.329 e. The maximum absolute atomic E-state index is 5.58. The first kappa shape index (κ1) is 24.6. The Hall–Kier alpha value is -0.380. The maximum atomic E-state index is 5.58. The normalized spacial score (nSPS) is 11.8. The fourth-order valence-corrected chi connectivity index (χ4v) is 3.11. The monoisotopic (exact) mass is 353 g/mol. The number of nitrogens with two attached hydrogens (primary N) is 1. The molecule has 0 aromatic rings. The van der Waals surface area contributed by atoms with E-state index in [0.717, 1.165) is 26.2 Å². The van der Waals surface area contributed by atoms with Crippen molar-refractivity contribution in [1.29, 1.82) is 0 Å². The molecule has 0 aromatic heterocycles. The van der Waals surface area contributed by atoms with Gasteiger partial charge in [-0.1, -0.05) is 83.8 Å². The lowest BCUT2D eigenvalue weighted by Crippen LogP contribution is -2.41. The van der Waals surface area contributed by atoms with E-state index in [1.807, 2.05) is 0 Å². The van der Waals surface area contributed by atoms with Crippen LogP contribution in [0.4, 0.5) is 0 Å². The predicted octanol–water partition coefficient (Wildman–Crippen LogP) is 5.81. The van der Waals surface area contributed by atoms with Gasteiger partial charge < -0.3 is 5.73 Å². The van der Waals surface area contributed by atoms with Crippen molar-refractivity contribution in [2.24, 2.45) is 5.73 Å². The van der Waals surface area contributed by atoms with Gasteiger partial charge in [0, 0.05) is 26.2 Å². The Bertz CT molecular complexity index is 266. The molecule has 3 nitrogen and oxygen atoms in total. The number of allylic oxidation sites excluding steroid dienone is 2. The lowest BCUT2D eigenvalue weighted by molar-refractivity contribution is 0.202. The fourth-order valence-electron chi connectivity index (χ4n) is 3.11. The Labute approximate surface area is 158 Å². The summed E-state index contributed by atoms with van der Waals surface area (Å²) in [6, 6.07) is 0. The number of unbranched alkanes of at least 4 members (excludes halogenated alkanes) is 12. The van der Waals surface area contributed by atoms with Crippen molar-refractivity contribution in [3.05, 3.63) is 12.2 Å². The van der Waals surface area contributed by atoms with Gasteiger partial charge in [0.05, 0.1) is 0 Å². The Balaban J connectivity index is 3.17. The first-order valence-corrected chi connectivity index (χ1v) is 11.2. The van der Waals surface area contributed by atoms with Crippen molar-refractivity contribution in [3.63, 3.8) is 0 Å². The van der Waals surface area contributed by atoms with Crippen LogP contribution < -0.4 is 11.2 Å². The summed E-state index contributed by atoms with van der Waals surface area (Å²) in [5.41, 5.74) is 9.05. The van der Waals surface area contributed by atoms with Crippen LogP contribution in [0.25, 0.3) is 0 Å². The molecule has 0 saturated carbocycles. The molecule has 25 heavy (non-hydrogen) atoms. The van der Waals surface area contributed by atoms with Crippen molar-refractivity contribution >= 4 is 0 Å². The summed E-state index contributed by atoms with van der Waals surface area (Å²) in [7, 11) is 0. The molecular formula is C22H47N3. The van der Waals surface area contributed by atoms with E-state index >= 15 is 0 Å². The van der Waals surface area contributed by atoms with Crippen LogP contribution >= 0.6 is 0 Å².